The van der Waals surface area contributed by atoms with Crippen LogP contribution >= 0.6 is 22.9 Å². The number of amides is 2. The minimum Gasteiger partial charge on any atom is -0.391 e. The van der Waals surface area contributed by atoms with Crippen LogP contribution in [-0.4, -0.2) is 96.5 Å². The van der Waals surface area contributed by atoms with Crippen molar-refractivity contribution in [3.8, 4) is 16.1 Å². The molecule has 3 aliphatic heterocycles. The van der Waals surface area contributed by atoms with Crippen molar-refractivity contribution in [1.29, 1.82) is 0 Å². The van der Waals surface area contributed by atoms with Crippen molar-refractivity contribution in [2.75, 3.05) is 33.2 Å². The summed E-state index contributed by atoms with van der Waals surface area (Å²) in [4.78, 5) is 48.8. The second kappa shape index (κ2) is 22.6. The van der Waals surface area contributed by atoms with Gasteiger partial charge < -0.3 is 20.2 Å². The predicted octanol–water partition coefficient (Wildman–Crippen LogP) is 10.3. The van der Waals surface area contributed by atoms with E-state index in [4.69, 9.17) is 11.6 Å². The molecule has 3 N–H and O–H groups in total. The smallest absolute Gasteiger partial charge is 0.282 e. The van der Waals surface area contributed by atoms with Gasteiger partial charge in [0.2, 0.25) is 12.3 Å². The molecule has 3 aromatic carbocycles. The quantitative estimate of drug-likeness (QED) is 0.132. The van der Waals surface area contributed by atoms with Crippen LogP contribution in [0, 0.1) is 12.3 Å². The fourth-order valence-electron chi connectivity index (χ4n) is 9.91. The number of piperidine rings is 1. The molecule has 15 heteroatoms. The summed E-state index contributed by atoms with van der Waals surface area (Å²) in [6.45, 7) is 17.9. The summed E-state index contributed by atoms with van der Waals surface area (Å²) in [5.74, 6) is 2.23. The van der Waals surface area contributed by atoms with Gasteiger partial charge in [0.25, 0.3) is 5.56 Å². The normalized spacial score (nSPS) is 18.4. The summed E-state index contributed by atoms with van der Waals surface area (Å²) in [6, 6.07) is 20.7. The average molecular weight is 977 g/mol. The predicted molar refractivity (Wildman–Crippen MR) is 277 cm³/mol. The first-order chi connectivity index (χ1) is 32.9. The number of benzene rings is 3. The highest BCUT2D eigenvalue weighted by Crippen LogP contribution is 2.45. The number of carbonyl (C=O) groups excluding carboxylic acids is 2. The molecule has 0 spiro atoms. The number of aromatic nitrogens is 6. The third kappa shape index (κ3) is 12.6. The van der Waals surface area contributed by atoms with Gasteiger partial charge in [-0.15, -0.1) is 11.3 Å². The lowest BCUT2D eigenvalue weighted by Gasteiger charge is -2.29. The summed E-state index contributed by atoms with van der Waals surface area (Å²) in [6.07, 6.45) is 12.7. The zero-order valence-electron chi connectivity index (χ0n) is 41.6. The first-order valence-corrected chi connectivity index (χ1v) is 25.8. The number of aryl methyl sites for hydroxylation is 1. The first kappa shape index (κ1) is 51.6. The SMILES string of the molecule is CC(C)(C)CC(=O)N1CCC(O)C1.CN1CCC(c2ccc3c(c2)-n2c(nc(=O)c4c(Cl)cccc42)C3(C)C)CC1.Cc1ncsc1-c1ccc([C@H](C)NC=O)cc1.c1n[nH]nc1C1CCCCC1. The number of H-pyrrole nitrogens is 1. The highest BCUT2D eigenvalue weighted by atomic mass is 35.5. The summed E-state index contributed by atoms with van der Waals surface area (Å²) >= 11 is 8.02. The van der Waals surface area contributed by atoms with E-state index in [0.717, 1.165) is 66.4 Å². The summed E-state index contributed by atoms with van der Waals surface area (Å²) in [7, 11) is 2.19. The van der Waals surface area contributed by atoms with Crippen molar-refractivity contribution in [2.24, 2.45) is 5.41 Å². The molecule has 2 atom stereocenters. The van der Waals surface area contributed by atoms with Crippen LogP contribution in [0.2, 0.25) is 5.02 Å². The third-order valence-electron chi connectivity index (χ3n) is 13.9. The van der Waals surface area contributed by atoms with Crippen molar-refractivity contribution in [3.63, 3.8) is 0 Å². The second-order valence-corrected chi connectivity index (χ2v) is 22.1. The van der Waals surface area contributed by atoms with E-state index in [0.29, 0.717) is 35.2 Å². The molecule has 69 heavy (non-hydrogen) atoms. The Bertz CT molecular complexity index is 2720. The number of carbonyl (C=O) groups is 2. The van der Waals surface area contributed by atoms with Crippen LogP contribution < -0.4 is 10.9 Å². The van der Waals surface area contributed by atoms with Gasteiger partial charge in [-0.05, 0) is 132 Å². The van der Waals surface area contributed by atoms with Gasteiger partial charge >= 0.3 is 0 Å². The zero-order valence-corrected chi connectivity index (χ0v) is 43.2. The number of β-amino-alcohol motifs (C(OH)–C–C–N with tert-alkyl or cyclic N) is 1. The summed E-state index contributed by atoms with van der Waals surface area (Å²) < 4.78 is 2.15. The Hall–Kier alpha value is -5.28. The molecule has 1 saturated carbocycles. The van der Waals surface area contributed by atoms with Gasteiger partial charge in [0.1, 0.15) is 5.82 Å². The zero-order chi connectivity index (χ0) is 49.5. The van der Waals surface area contributed by atoms with Crippen molar-refractivity contribution >= 4 is 46.2 Å². The minimum absolute atomic E-state index is 0.0455. The summed E-state index contributed by atoms with van der Waals surface area (Å²) in [5.41, 5.74) is 10.4. The Morgan fingerprint density at radius 2 is 1.72 bits per heavy atom. The van der Waals surface area contributed by atoms with Crippen LogP contribution in [0.15, 0.2) is 77.2 Å². The van der Waals surface area contributed by atoms with Crippen LogP contribution in [0.25, 0.3) is 27.0 Å². The molecule has 2 saturated heterocycles. The highest BCUT2D eigenvalue weighted by molar-refractivity contribution is 7.13. The van der Waals surface area contributed by atoms with Crippen LogP contribution in [-0.2, 0) is 15.0 Å². The number of fused-ring (bicyclic) bond motifs is 5. The standard InChI is InChI=1S/C23H24ClN3O.C13H14N2OS.C10H19NO2.C8H13N3/c1-23(2)16-8-7-15(14-9-11-26(3)12-10-14)13-19(16)27-18-6-4-5-17(24)20(18)21(28)25-22(23)27;1-9(14-7-16)11-3-5-12(6-4-11)13-10(2)15-8-17-13;1-10(2,3)6-9(13)11-5-4-8(12)7-11;1-2-4-7(5-3-1)8-6-9-11-10-8/h4-8,13-14H,9-12H2,1-3H3;3-9H,1-2H3,(H,14,16);8,12H,4-7H2,1-3H3;6-7H,1-5H2,(H,9,10,11)/t;9-;;/m.0../s1. The van der Waals surface area contributed by atoms with E-state index in [9.17, 15) is 19.5 Å². The maximum atomic E-state index is 12.7. The topological polar surface area (TPSA) is 162 Å². The Morgan fingerprint density at radius 1 is 1.00 bits per heavy atom. The van der Waals surface area contributed by atoms with E-state index in [1.165, 1.54) is 66.5 Å². The Labute approximate surface area is 416 Å². The lowest BCUT2D eigenvalue weighted by Crippen LogP contribution is -2.32. The summed E-state index contributed by atoms with van der Waals surface area (Å²) in [5, 5.41) is 23.5. The monoisotopic (exact) mass is 975 g/mol. The van der Waals surface area contributed by atoms with Gasteiger partial charge in [-0.1, -0.05) is 94.1 Å². The van der Waals surface area contributed by atoms with E-state index in [1.807, 2.05) is 49.8 Å². The molecule has 1 unspecified atom stereocenters. The molecule has 10 rings (SSSR count). The molecule has 0 bridgehead atoms. The molecule has 4 aliphatic rings. The van der Waals surface area contributed by atoms with Gasteiger partial charge in [-0.2, -0.15) is 20.4 Å². The van der Waals surface area contributed by atoms with Crippen molar-refractivity contribution < 1.29 is 14.7 Å². The van der Waals surface area contributed by atoms with Crippen LogP contribution in [0.3, 0.4) is 0 Å². The number of aliphatic hydroxyl groups excluding tert-OH is 1. The number of rotatable bonds is 7. The number of thiazole rings is 1. The van der Waals surface area contributed by atoms with Crippen LogP contribution in [0.5, 0.6) is 0 Å². The van der Waals surface area contributed by atoms with Gasteiger partial charge in [0.05, 0.1) is 67.1 Å². The molecular weight excluding hydrogens is 906 g/mol. The fraction of sp³-hybridized carbons (Fsp3) is 0.500. The van der Waals surface area contributed by atoms with Crippen LogP contribution in [0.1, 0.15) is 151 Å². The molecule has 3 aromatic heterocycles. The maximum absolute atomic E-state index is 12.7. The molecular formula is C54H70ClN9O4S. The van der Waals surface area contributed by atoms with Gasteiger partial charge in [-0.25, -0.2) is 4.98 Å². The number of aliphatic hydroxyl groups is 1. The van der Waals surface area contributed by atoms with Crippen molar-refractivity contribution in [1.82, 2.24) is 45.1 Å². The van der Waals surface area contributed by atoms with E-state index in [2.05, 4.69) is 112 Å². The Morgan fingerprint density at radius 3 is 2.33 bits per heavy atom. The number of nitrogens with zero attached hydrogens (tertiary/aromatic N) is 7. The molecule has 1 aliphatic carbocycles. The number of likely N-dealkylation sites (tertiary alicyclic amines) is 2. The number of nitrogens with one attached hydrogen (secondary N) is 2. The van der Waals surface area contributed by atoms with Gasteiger partial charge in [-0.3, -0.25) is 19.0 Å². The minimum atomic E-state index is -0.323. The van der Waals surface area contributed by atoms with Crippen molar-refractivity contribution in [3.05, 3.63) is 122 Å². The fourth-order valence-corrected chi connectivity index (χ4v) is 11.0. The van der Waals surface area contributed by atoms with Gasteiger partial charge in [0.15, 0.2) is 0 Å². The third-order valence-corrected chi connectivity index (χ3v) is 15.2. The molecule has 3 fully saturated rings. The van der Waals surface area contributed by atoms with Crippen LogP contribution in [0.4, 0.5) is 0 Å². The van der Waals surface area contributed by atoms with E-state index >= 15 is 0 Å². The highest BCUT2D eigenvalue weighted by Gasteiger charge is 2.39. The molecule has 6 aromatic rings. The molecule has 368 valence electrons. The molecule has 0 radical (unpaired) electrons. The first-order valence-electron chi connectivity index (χ1n) is 24.5. The lowest BCUT2D eigenvalue weighted by molar-refractivity contribution is -0.132. The molecule has 2 amide bonds. The maximum Gasteiger partial charge on any atom is 0.282 e. The Kier molecular flexibility index (Phi) is 16.9. The van der Waals surface area contributed by atoms with E-state index in [1.54, 1.807) is 22.3 Å². The number of halogens is 1. The molecule has 6 heterocycles. The van der Waals surface area contributed by atoms with Gasteiger partial charge in [0, 0.05) is 25.4 Å². The number of hydrogen-bond acceptors (Lipinski definition) is 10. The Balaban J connectivity index is 0.000000147. The van der Waals surface area contributed by atoms with E-state index < -0.39 is 0 Å². The van der Waals surface area contributed by atoms with Crippen molar-refractivity contribution in [2.45, 2.75) is 136 Å². The number of hydrogen-bond donors (Lipinski definition) is 3. The second-order valence-electron chi connectivity index (χ2n) is 20.8. The lowest BCUT2D eigenvalue weighted by atomic mass is 9.83. The number of aromatic amines is 1. The largest absolute Gasteiger partial charge is 0.391 e. The van der Waals surface area contributed by atoms with E-state index in [-0.39, 0.29) is 34.4 Å². The molecule has 13 nitrogen and oxygen atoms in total. The average Bonchev–Trinajstić information content (AvgIpc) is 4.16.